The van der Waals surface area contributed by atoms with E-state index in [1.165, 1.54) is 19.3 Å². The number of piperidine rings is 1. The van der Waals surface area contributed by atoms with E-state index in [0.29, 0.717) is 22.2 Å². The first-order valence-corrected chi connectivity index (χ1v) is 8.54. The van der Waals surface area contributed by atoms with Crippen molar-refractivity contribution in [1.82, 2.24) is 4.90 Å². The van der Waals surface area contributed by atoms with E-state index in [4.69, 9.17) is 0 Å². The first-order valence-electron chi connectivity index (χ1n) is 7.75. The maximum Gasteiger partial charge on any atom is 0.149 e. The van der Waals surface area contributed by atoms with Gasteiger partial charge in [-0.25, -0.2) is 8.78 Å². The van der Waals surface area contributed by atoms with Crippen molar-refractivity contribution in [3.05, 3.63) is 28.2 Å². The van der Waals surface area contributed by atoms with Crippen molar-refractivity contribution in [3.63, 3.8) is 0 Å². The van der Waals surface area contributed by atoms with E-state index >= 15 is 0 Å². The van der Waals surface area contributed by atoms with Crippen molar-refractivity contribution in [2.24, 2.45) is 0 Å². The van der Waals surface area contributed by atoms with Crippen LogP contribution in [0, 0.1) is 11.6 Å². The van der Waals surface area contributed by atoms with Gasteiger partial charge in [-0.1, -0.05) is 13.3 Å². The zero-order valence-electron chi connectivity index (χ0n) is 12.3. The molecule has 0 aliphatic carbocycles. The molecule has 0 radical (unpaired) electrons. The molecule has 1 aromatic rings. The molecule has 3 rings (SSSR count). The average Bonchev–Trinajstić information content (AvgIpc) is 2.49. The van der Waals surface area contributed by atoms with Gasteiger partial charge in [0.25, 0.3) is 0 Å². The Morgan fingerprint density at radius 2 is 2.00 bits per heavy atom. The van der Waals surface area contributed by atoms with Gasteiger partial charge in [-0.2, -0.15) is 0 Å². The van der Waals surface area contributed by atoms with Gasteiger partial charge in [0.2, 0.25) is 0 Å². The fourth-order valence-corrected chi connectivity index (χ4v) is 3.96. The third-order valence-electron chi connectivity index (χ3n) is 4.81. The third-order valence-corrected chi connectivity index (χ3v) is 5.42. The molecule has 2 fully saturated rings. The molecule has 1 aromatic carbocycles. The van der Waals surface area contributed by atoms with Crippen LogP contribution in [-0.4, -0.2) is 36.6 Å². The minimum absolute atomic E-state index is 0.297. The Morgan fingerprint density at radius 1 is 1.19 bits per heavy atom. The smallest absolute Gasteiger partial charge is 0.149 e. The highest BCUT2D eigenvalue weighted by Gasteiger charge is 2.35. The second-order valence-corrected chi connectivity index (χ2v) is 6.93. The van der Waals surface area contributed by atoms with E-state index in [9.17, 15) is 8.78 Å². The number of nitrogens with zero attached hydrogens (tertiary/aromatic N) is 2. The lowest BCUT2D eigenvalue weighted by atomic mass is 9.95. The molecule has 2 saturated heterocycles. The lowest BCUT2D eigenvalue weighted by molar-refractivity contribution is 0.110. The topological polar surface area (TPSA) is 6.48 Å². The highest BCUT2D eigenvalue weighted by Crippen LogP contribution is 2.33. The molecule has 0 amide bonds. The van der Waals surface area contributed by atoms with Crippen molar-refractivity contribution < 1.29 is 8.78 Å². The number of fused-ring (bicyclic) bond motifs is 1. The van der Waals surface area contributed by atoms with E-state index in [-0.39, 0.29) is 0 Å². The highest BCUT2D eigenvalue weighted by molar-refractivity contribution is 9.10. The number of halogens is 3. The van der Waals surface area contributed by atoms with E-state index in [2.05, 4.69) is 32.7 Å². The summed E-state index contributed by atoms with van der Waals surface area (Å²) in [6.45, 7) is 5.12. The van der Waals surface area contributed by atoms with Gasteiger partial charge in [0.15, 0.2) is 0 Å². The van der Waals surface area contributed by atoms with Gasteiger partial charge in [0.05, 0.1) is 10.2 Å². The molecule has 21 heavy (non-hydrogen) atoms. The molecule has 2 unspecified atom stereocenters. The fraction of sp³-hybridized carbons (Fsp3) is 0.625. The number of hydrogen-bond acceptors (Lipinski definition) is 2. The van der Waals surface area contributed by atoms with Crippen LogP contribution in [0.2, 0.25) is 0 Å². The number of anilines is 1. The fourth-order valence-electron chi connectivity index (χ4n) is 3.63. The van der Waals surface area contributed by atoms with Crippen molar-refractivity contribution in [2.45, 2.75) is 44.7 Å². The molecule has 2 aliphatic heterocycles. The van der Waals surface area contributed by atoms with Gasteiger partial charge in [0.1, 0.15) is 11.6 Å². The summed E-state index contributed by atoms with van der Waals surface area (Å²) in [5.41, 5.74) is 0.528. The molecule has 0 N–H and O–H groups in total. The Kier molecular flexibility index (Phi) is 4.50. The quantitative estimate of drug-likeness (QED) is 0.731. The molecule has 0 saturated carbocycles. The summed E-state index contributed by atoms with van der Waals surface area (Å²) in [6, 6.07) is 3.38. The summed E-state index contributed by atoms with van der Waals surface area (Å²) in [5.74, 6) is -1.00. The predicted molar refractivity (Wildman–Crippen MR) is 84.7 cm³/mol. The van der Waals surface area contributed by atoms with Crippen LogP contribution in [-0.2, 0) is 0 Å². The SMILES string of the molecule is CCC1CN2CCCCC2CN1c1cc(Br)c(F)cc1F. The van der Waals surface area contributed by atoms with Crippen LogP contribution in [0.5, 0.6) is 0 Å². The van der Waals surface area contributed by atoms with Crippen LogP contribution in [0.1, 0.15) is 32.6 Å². The molecular weight excluding hydrogens is 338 g/mol. The van der Waals surface area contributed by atoms with Crippen LogP contribution >= 0.6 is 15.9 Å². The summed E-state index contributed by atoms with van der Waals surface area (Å²) in [5, 5.41) is 0. The molecular formula is C16H21BrF2N2. The van der Waals surface area contributed by atoms with Crippen LogP contribution < -0.4 is 4.90 Å². The number of benzene rings is 1. The van der Waals surface area contributed by atoms with E-state index < -0.39 is 11.6 Å². The van der Waals surface area contributed by atoms with E-state index in [0.717, 1.165) is 32.1 Å². The molecule has 0 spiro atoms. The summed E-state index contributed by atoms with van der Waals surface area (Å²) in [7, 11) is 0. The van der Waals surface area contributed by atoms with Gasteiger partial charge in [-0.05, 0) is 47.8 Å². The van der Waals surface area contributed by atoms with Crippen LogP contribution in [0.3, 0.4) is 0 Å². The van der Waals surface area contributed by atoms with E-state index in [1.807, 2.05) is 0 Å². The predicted octanol–water partition coefficient (Wildman–Crippen LogP) is 4.18. The zero-order valence-corrected chi connectivity index (χ0v) is 13.9. The average molecular weight is 359 g/mol. The van der Waals surface area contributed by atoms with Gasteiger partial charge in [-0.3, -0.25) is 4.90 Å². The molecule has 2 nitrogen and oxygen atoms in total. The summed E-state index contributed by atoms with van der Waals surface area (Å²) < 4.78 is 28.0. The first-order chi connectivity index (χ1) is 10.1. The second kappa shape index (κ2) is 6.21. The van der Waals surface area contributed by atoms with Crippen molar-refractivity contribution in [2.75, 3.05) is 24.5 Å². The number of piperazine rings is 1. The number of rotatable bonds is 2. The summed E-state index contributed by atoms with van der Waals surface area (Å²) >= 11 is 3.18. The molecule has 2 atom stereocenters. The summed E-state index contributed by atoms with van der Waals surface area (Å²) in [6.07, 6.45) is 4.67. The lowest BCUT2D eigenvalue weighted by Crippen LogP contribution is -2.59. The van der Waals surface area contributed by atoms with Crippen molar-refractivity contribution in [1.29, 1.82) is 0 Å². The Labute approximate surface area is 133 Å². The van der Waals surface area contributed by atoms with Gasteiger partial charge in [0, 0.05) is 31.2 Å². The van der Waals surface area contributed by atoms with Gasteiger partial charge >= 0.3 is 0 Å². The van der Waals surface area contributed by atoms with Crippen LogP contribution in [0.15, 0.2) is 16.6 Å². The molecule has 116 valence electrons. The Balaban J connectivity index is 1.90. The van der Waals surface area contributed by atoms with Crippen molar-refractivity contribution in [3.8, 4) is 0 Å². The van der Waals surface area contributed by atoms with E-state index in [1.54, 1.807) is 6.07 Å². The zero-order chi connectivity index (χ0) is 15.0. The largest absolute Gasteiger partial charge is 0.363 e. The monoisotopic (exact) mass is 358 g/mol. The van der Waals surface area contributed by atoms with Crippen LogP contribution in [0.25, 0.3) is 0 Å². The maximum absolute atomic E-state index is 14.2. The lowest BCUT2D eigenvalue weighted by Gasteiger charge is -2.49. The second-order valence-electron chi connectivity index (χ2n) is 6.08. The Hall–Kier alpha value is -0.680. The highest BCUT2D eigenvalue weighted by atomic mass is 79.9. The molecule has 2 aliphatic rings. The maximum atomic E-state index is 14.2. The molecule has 2 heterocycles. The summed E-state index contributed by atoms with van der Waals surface area (Å²) in [4.78, 5) is 4.69. The van der Waals surface area contributed by atoms with Gasteiger partial charge < -0.3 is 4.90 Å². The number of hydrogen-bond donors (Lipinski definition) is 0. The Bertz CT molecular complexity index is 523. The standard InChI is InChI=1S/C16H21BrF2N2/c1-2-11-9-20-6-4-3-5-12(20)10-21(11)16-7-13(17)14(18)8-15(16)19/h7-8,11-12H,2-6,9-10H2,1H3. The molecule has 5 heteroatoms. The minimum atomic E-state index is -0.541. The molecule has 0 aromatic heterocycles. The Morgan fingerprint density at radius 3 is 2.76 bits per heavy atom. The first kappa shape index (κ1) is 15.2. The van der Waals surface area contributed by atoms with Crippen LogP contribution in [0.4, 0.5) is 14.5 Å². The minimum Gasteiger partial charge on any atom is -0.363 e. The van der Waals surface area contributed by atoms with Crippen molar-refractivity contribution >= 4 is 21.6 Å². The third kappa shape index (κ3) is 2.95. The normalized spacial score (nSPS) is 26.8. The van der Waals surface area contributed by atoms with Gasteiger partial charge in [-0.15, -0.1) is 0 Å². The molecule has 0 bridgehead atoms.